The predicted molar refractivity (Wildman–Crippen MR) is 149 cm³/mol. The van der Waals surface area contributed by atoms with E-state index in [9.17, 15) is 22.8 Å². The lowest BCUT2D eigenvalue weighted by atomic mass is 9.95. The molecule has 0 aliphatic carbocycles. The number of likely N-dealkylation sites (N-methyl/N-ethyl adjacent to an activating group) is 1. The van der Waals surface area contributed by atoms with Gasteiger partial charge in [0.05, 0.1) is 42.9 Å². The van der Waals surface area contributed by atoms with Gasteiger partial charge in [-0.25, -0.2) is 9.38 Å². The molecule has 2 amide bonds. The van der Waals surface area contributed by atoms with Crippen molar-refractivity contribution < 1.29 is 31.9 Å². The molecule has 1 aromatic heterocycles. The number of aliphatic imine (C=N–C) groups is 1. The minimum absolute atomic E-state index is 0.117. The summed E-state index contributed by atoms with van der Waals surface area (Å²) in [6.07, 6.45) is -0.671. The molecule has 3 aliphatic rings. The second-order valence-corrected chi connectivity index (χ2v) is 10.8. The van der Waals surface area contributed by atoms with Crippen molar-refractivity contribution in [2.75, 3.05) is 69.7 Å². The molecule has 1 unspecified atom stereocenters. The number of carbonyl (C=O) groups excluding carboxylic acids is 2. The lowest BCUT2D eigenvalue weighted by molar-refractivity contribution is -0.124. The number of hydrogen-bond donors (Lipinski definition) is 1. The van der Waals surface area contributed by atoms with Gasteiger partial charge in [0.25, 0.3) is 5.91 Å². The number of nitrogens with one attached hydrogen (secondary N) is 1. The zero-order valence-corrected chi connectivity index (χ0v) is 23.4. The number of rotatable bonds is 7. The molecule has 10 nitrogen and oxygen atoms in total. The van der Waals surface area contributed by atoms with E-state index in [0.717, 1.165) is 19.6 Å². The number of aromatic nitrogens is 2. The third kappa shape index (κ3) is 6.71. The van der Waals surface area contributed by atoms with Crippen molar-refractivity contribution in [2.45, 2.75) is 25.7 Å². The van der Waals surface area contributed by atoms with Crippen LogP contribution >= 0.6 is 0 Å². The highest BCUT2D eigenvalue weighted by molar-refractivity contribution is 6.11. The highest BCUT2D eigenvalue weighted by Gasteiger charge is 2.43. The monoisotopic (exact) mass is 591 g/mol. The number of ether oxygens (including phenoxy) is 1. The lowest BCUT2D eigenvalue weighted by Gasteiger charge is -2.39. The van der Waals surface area contributed by atoms with E-state index in [-0.39, 0.29) is 17.3 Å². The molecule has 3 aliphatic heterocycles. The number of anilines is 2. The number of hydrogen-bond acceptors (Lipinski definition) is 7. The van der Waals surface area contributed by atoms with Gasteiger partial charge in [0.2, 0.25) is 5.91 Å². The first-order valence-corrected chi connectivity index (χ1v) is 13.8. The molecular formula is C28H33F4N7O3. The molecular weight excluding hydrogens is 558 g/mol. The maximum Gasteiger partial charge on any atom is 0.414 e. The van der Waals surface area contributed by atoms with Gasteiger partial charge in [-0.1, -0.05) is 0 Å². The van der Waals surface area contributed by atoms with Gasteiger partial charge in [-0.05, 0) is 26.1 Å². The van der Waals surface area contributed by atoms with Gasteiger partial charge in [-0.2, -0.15) is 18.3 Å². The normalized spacial score (nSPS) is 22.4. The van der Waals surface area contributed by atoms with Crippen molar-refractivity contribution in [3.63, 3.8) is 0 Å². The number of halogens is 4. The predicted octanol–water partition coefficient (Wildman–Crippen LogP) is 2.82. The van der Waals surface area contributed by atoms with Gasteiger partial charge >= 0.3 is 6.18 Å². The van der Waals surface area contributed by atoms with Crippen LogP contribution in [0.3, 0.4) is 0 Å². The molecule has 4 heterocycles. The van der Waals surface area contributed by atoms with Crippen LogP contribution in [0.1, 0.15) is 6.92 Å². The number of piperazine rings is 1. The maximum atomic E-state index is 15.7. The Morgan fingerprint density at radius 3 is 2.62 bits per heavy atom. The van der Waals surface area contributed by atoms with Gasteiger partial charge in [-0.3, -0.25) is 19.2 Å². The fraction of sp³-hybridized carbons (Fsp3) is 0.500. The van der Waals surface area contributed by atoms with E-state index in [4.69, 9.17) is 4.74 Å². The van der Waals surface area contributed by atoms with Crippen molar-refractivity contribution in [1.29, 1.82) is 0 Å². The van der Waals surface area contributed by atoms with E-state index < -0.39 is 35.3 Å². The average Bonchev–Trinajstić information content (AvgIpc) is 3.43. The van der Waals surface area contributed by atoms with Crippen molar-refractivity contribution >= 4 is 29.4 Å². The van der Waals surface area contributed by atoms with Crippen LogP contribution in [-0.4, -0.2) is 109 Å². The number of dihydropyridines is 1. The Bertz CT molecular complexity index is 1380. The lowest BCUT2D eigenvalue weighted by Crippen LogP contribution is -2.50. The topological polar surface area (TPSA) is 95.3 Å². The van der Waals surface area contributed by atoms with Crippen molar-refractivity contribution in [3.05, 3.63) is 42.0 Å². The van der Waals surface area contributed by atoms with E-state index in [0.29, 0.717) is 62.9 Å². The van der Waals surface area contributed by atoms with Gasteiger partial charge in [0, 0.05) is 74.9 Å². The molecule has 42 heavy (non-hydrogen) atoms. The first-order valence-electron chi connectivity index (χ1n) is 13.8. The van der Waals surface area contributed by atoms with E-state index in [1.54, 1.807) is 10.9 Å². The fourth-order valence-corrected chi connectivity index (χ4v) is 5.27. The Morgan fingerprint density at radius 2 is 1.90 bits per heavy atom. The molecule has 2 fully saturated rings. The Morgan fingerprint density at radius 1 is 1.14 bits per heavy atom. The Labute approximate surface area is 240 Å². The minimum Gasteiger partial charge on any atom is -0.379 e. The molecule has 1 aromatic carbocycles. The van der Waals surface area contributed by atoms with E-state index >= 15 is 4.39 Å². The minimum atomic E-state index is -4.91. The van der Waals surface area contributed by atoms with Crippen LogP contribution in [0.15, 0.2) is 41.2 Å². The molecule has 2 atom stereocenters. The highest BCUT2D eigenvalue weighted by Crippen LogP contribution is 2.37. The molecule has 1 N–H and O–H groups in total. The van der Waals surface area contributed by atoms with Crippen molar-refractivity contribution in [3.8, 4) is 11.1 Å². The third-order valence-corrected chi connectivity index (χ3v) is 7.91. The molecule has 2 saturated heterocycles. The number of alkyl halides is 3. The zero-order chi connectivity index (χ0) is 30.0. The quantitative estimate of drug-likeness (QED) is 0.495. The molecule has 14 heteroatoms. The maximum absolute atomic E-state index is 15.7. The van der Waals surface area contributed by atoms with Crippen LogP contribution < -0.4 is 10.2 Å². The second kappa shape index (κ2) is 12.3. The zero-order valence-electron chi connectivity index (χ0n) is 23.4. The van der Waals surface area contributed by atoms with Crippen LogP contribution in [0.4, 0.5) is 28.9 Å². The number of amides is 2. The summed E-state index contributed by atoms with van der Waals surface area (Å²) >= 11 is 0. The summed E-state index contributed by atoms with van der Waals surface area (Å²) in [7, 11) is 1.97. The SMILES string of the molecule is C[C@H]1CN(c2cc(F)c(-c3cnn(CCN4CCOCC4)c3)cc2NC(=O)C2C=NC(=O)C=C2C(F)(F)F)CCN1C. The highest BCUT2D eigenvalue weighted by atomic mass is 19.4. The summed E-state index contributed by atoms with van der Waals surface area (Å²) in [6.45, 7) is 8.04. The summed E-state index contributed by atoms with van der Waals surface area (Å²) in [4.78, 5) is 34.5. The molecule has 226 valence electrons. The number of benzene rings is 1. The van der Waals surface area contributed by atoms with Crippen molar-refractivity contribution in [1.82, 2.24) is 19.6 Å². The first kappa shape index (κ1) is 29.9. The van der Waals surface area contributed by atoms with Gasteiger partial charge in [0.15, 0.2) is 0 Å². The van der Waals surface area contributed by atoms with E-state index in [2.05, 4.69) is 25.2 Å². The summed E-state index contributed by atoms with van der Waals surface area (Å²) in [5.41, 5.74) is -0.192. The first-order chi connectivity index (χ1) is 20.0. The standard InChI is InChI=1S/C28H33F4N7O3/c1-18-16-38(5-3-36(18)2)25-13-23(29)20(19-14-34-39(17-19)6-4-37-7-9-42-10-8-37)11-24(25)35-27(41)21-15-33-26(40)12-22(21)28(30,31)32/h11-15,17-18,21H,3-10,16H2,1-2H3,(H,35,41)/t18-,21?/m0/s1. The molecule has 0 saturated carbocycles. The van der Waals surface area contributed by atoms with Gasteiger partial charge < -0.3 is 19.9 Å². The molecule has 5 rings (SSSR count). The van der Waals surface area contributed by atoms with E-state index in [1.165, 1.54) is 18.3 Å². The fourth-order valence-electron chi connectivity index (χ4n) is 5.27. The third-order valence-electron chi connectivity index (χ3n) is 7.91. The van der Waals surface area contributed by atoms with Crippen LogP contribution in [0.25, 0.3) is 11.1 Å². The Kier molecular flexibility index (Phi) is 8.76. The summed E-state index contributed by atoms with van der Waals surface area (Å²) in [6, 6.07) is 2.84. The van der Waals surface area contributed by atoms with Crippen LogP contribution in [0.2, 0.25) is 0 Å². The van der Waals surface area contributed by atoms with E-state index in [1.807, 2.05) is 18.9 Å². The summed E-state index contributed by atoms with van der Waals surface area (Å²) in [5.74, 6) is -4.51. The van der Waals surface area contributed by atoms with Crippen molar-refractivity contribution in [2.24, 2.45) is 10.9 Å². The van der Waals surface area contributed by atoms with Crippen LogP contribution in [0, 0.1) is 11.7 Å². The smallest absolute Gasteiger partial charge is 0.379 e. The van der Waals surface area contributed by atoms with Gasteiger partial charge in [-0.15, -0.1) is 0 Å². The summed E-state index contributed by atoms with van der Waals surface area (Å²) < 4.78 is 63.8. The molecule has 0 spiro atoms. The Hall–Kier alpha value is -3.62. The van der Waals surface area contributed by atoms with Crippen LogP contribution in [0.5, 0.6) is 0 Å². The molecule has 0 bridgehead atoms. The number of carbonyl (C=O) groups is 2. The van der Waals surface area contributed by atoms with Gasteiger partial charge in [0.1, 0.15) is 11.7 Å². The molecule has 2 aromatic rings. The summed E-state index contributed by atoms with van der Waals surface area (Å²) in [5, 5.41) is 6.95. The Balaban J connectivity index is 1.44. The largest absolute Gasteiger partial charge is 0.414 e. The number of nitrogens with zero attached hydrogens (tertiary/aromatic N) is 6. The van der Waals surface area contributed by atoms with Crippen LogP contribution in [-0.2, 0) is 20.9 Å². The second-order valence-electron chi connectivity index (χ2n) is 10.8. The number of morpholine rings is 1. The average molecular weight is 592 g/mol. The molecule has 0 radical (unpaired) electrons.